The number of aromatic nitrogens is 2. The molecule has 176 valence electrons. The molecule has 0 saturated carbocycles. The van der Waals surface area contributed by atoms with Crippen LogP contribution in [0.4, 0.5) is 19.0 Å². The van der Waals surface area contributed by atoms with E-state index < -0.39 is 17.7 Å². The number of aryl methyl sites for hydroxylation is 1. The number of nitrogens with one attached hydrogen (secondary N) is 1. The van der Waals surface area contributed by atoms with Gasteiger partial charge in [-0.05, 0) is 48.9 Å². The van der Waals surface area contributed by atoms with Crippen LogP contribution in [0.25, 0.3) is 0 Å². The highest BCUT2D eigenvalue weighted by Crippen LogP contribution is 2.29. The van der Waals surface area contributed by atoms with Crippen molar-refractivity contribution in [3.8, 4) is 11.8 Å². The van der Waals surface area contributed by atoms with E-state index in [1.165, 1.54) is 19.2 Å². The largest absolute Gasteiger partial charge is 0.465 e. The molecule has 1 heterocycles. The number of hydrogen-bond donors (Lipinski definition) is 1. The summed E-state index contributed by atoms with van der Waals surface area (Å²) in [5, 5.41) is 3.28. The summed E-state index contributed by atoms with van der Waals surface area (Å²) in [6, 6.07) is 11.7. The molecule has 0 amide bonds. The van der Waals surface area contributed by atoms with Gasteiger partial charge in [0, 0.05) is 18.0 Å². The Morgan fingerprint density at radius 1 is 1.03 bits per heavy atom. The number of benzene rings is 2. The second kappa shape index (κ2) is 10.4. The fraction of sp³-hybridized carbons (Fsp3) is 0.269. The summed E-state index contributed by atoms with van der Waals surface area (Å²) in [5.41, 5.74) is 2.33. The van der Waals surface area contributed by atoms with Gasteiger partial charge in [-0.3, -0.25) is 0 Å². The van der Waals surface area contributed by atoms with Gasteiger partial charge in [-0.25, -0.2) is 14.8 Å². The minimum absolute atomic E-state index is 0.0931. The molecule has 3 rings (SSSR count). The van der Waals surface area contributed by atoms with E-state index in [9.17, 15) is 18.0 Å². The molecule has 1 N–H and O–H groups in total. The number of esters is 1. The number of methoxy groups -OCH3 is 1. The monoisotopic (exact) mass is 467 g/mol. The second-order valence-electron chi connectivity index (χ2n) is 7.91. The van der Waals surface area contributed by atoms with Crippen molar-refractivity contribution in [1.29, 1.82) is 0 Å². The number of halogens is 3. The van der Waals surface area contributed by atoms with Gasteiger partial charge in [-0.1, -0.05) is 37.8 Å². The van der Waals surface area contributed by atoms with Gasteiger partial charge in [-0.2, -0.15) is 13.2 Å². The first kappa shape index (κ1) is 24.8. The third kappa shape index (κ3) is 6.13. The fourth-order valence-electron chi connectivity index (χ4n) is 3.07. The van der Waals surface area contributed by atoms with Gasteiger partial charge in [-0.15, -0.1) is 0 Å². The average molecular weight is 467 g/mol. The molecule has 0 atom stereocenters. The topological polar surface area (TPSA) is 64.1 Å². The Morgan fingerprint density at radius 2 is 1.68 bits per heavy atom. The zero-order chi connectivity index (χ0) is 24.9. The molecule has 2 aromatic carbocycles. The highest BCUT2D eigenvalue weighted by molar-refractivity contribution is 5.89. The number of anilines is 1. The molecule has 0 unspecified atom stereocenters. The van der Waals surface area contributed by atoms with Crippen molar-refractivity contribution in [2.45, 2.75) is 39.4 Å². The fourth-order valence-corrected chi connectivity index (χ4v) is 3.07. The maximum atomic E-state index is 12.8. The van der Waals surface area contributed by atoms with E-state index in [1.54, 1.807) is 12.1 Å². The van der Waals surface area contributed by atoms with Gasteiger partial charge in [0.15, 0.2) is 0 Å². The predicted octanol–water partition coefficient (Wildman–Crippen LogP) is 5.73. The predicted molar refractivity (Wildman–Crippen MR) is 123 cm³/mol. The summed E-state index contributed by atoms with van der Waals surface area (Å²) in [4.78, 5) is 20.8. The molecule has 0 fully saturated rings. The van der Waals surface area contributed by atoms with Gasteiger partial charge in [0.2, 0.25) is 0 Å². The number of carbonyl (C=O) groups excluding carboxylic acids is 1. The molecule has 0 aliphatic rings. The molecular formula is C26H24F3N3O2. The highest BCUT2D eigenvalue weighted by atomic mass is 19.4. The second-order valence-corrected chi connectivity index (χ2v) is 7.91. The van der Waals surface area contributed by atoms with Crippen LogP contribution in [0.1, 0.15) is 63.9 Å². The first-order valence-corrected chi connectivity index (χ1v) is 10.6. The van der Waals surface area contributed by atoms with Crippen LogP contribution in [0, 0.1) is 18.8 Å². The summed E-state index contributed by atoms with van der Waals surface area (Å²) in [5.74, 6) is 6.79. The Labute approximate surface area is 196 Å². The third-order valence-electron chi connectivity index (χ3n) is 5.00. The molecule has 0 radical (unpaired) electrons. The molecule has 1 aromatic heterocycles. The van der Waals surface area contributed by atoms with Crippen LogP contribution in [0.3, 0.4) is 0 Å². The van der Waals surface area contributed by atoms with Gasteiger partial charge < -0.3 is 10.1 Å². The van der Waals surface area contributed by atoms with Gasteiger partial charge in [0.25, 0.3) is 0 Å². The zero-order valence-electron chi connectivity index (χ0n) is 19.2. The summed E-state index contributed by atoms with van der Waals surface area (Å²) in [7, 11) is 1.33. The van der Waals surface area contributed by atoms with Crippen LogP contribution < -0.4 is 5.32 Å². The van der Waals surface area contributed by atoms with E-state index in [2.05, 4.69) is 27.1 Å². The smallest absolute Gasteiger partial charge is 0.416 e. The quantitative estimate of drug-likeness (QED) is 0.384. The molecular weight excluding hydrogens is 443 g/mol. The maximum Gasteiger partial charge on any atom is 0.416 e. The van der Waals surface area contributed by atoms with E-state index in [0.717, 1.165) is 17.7 Å². The normalized spacial score (nSPS) is 11.1. The molecule has 0 saturated heterocycles. The summed E-state index contributed by atoms with van der Waals surface area (Å²) in [6.45, 7) is 6.21. The first-order valence-electron chi connectivity index (χ1n) is 10.6. The van der Waals surface area contributed by atoms with Crippen molar-refractivity contribution in [3.63, 3.8) is 0 Å². The molecule has 5 nitrogen and oxygen atoms in total. The van der Waals surface area contributed by atoms with E-state index in [0.29, 0.717) is 40.6 Å². The number of nitrogens with zero attached hydrogens (tertiary/aromatic N) is 2. The zero-order valence-corrected chi connectivity index (χ0v) is 19.2. The molecule has 8 heteroatoms. The SMILES string of the molecule is COC(=O)c1ccc(CNc2nc(C(C)C)nc(C)c2C#Cc2ccc(C(F)(F)F)cc2)cc1. The van der Waals surface area contributed by atoms with Crippen LogP contribution in [0.5, 0.6) is 0 Å². The molecule has 0 aliphatic carbocycles. The minimum atomic E-state index is -4.39. The van der Waals surface area contributed by atoms with Gasteiger partial charge >= 0.3 is 12.1 Å². The number of alkyl halides is 3. The Morgan fingerprint density at radius 3 is 2.24 bits per heavy atom. The van der Waals surface area contributed by atoms with Crippen molar-refractivity contribution < 1.29 is 22.7 Å². The van der Waals surface area contributed by atoms with Crippen molar-refractivity contribution >= 4 is 11.8 Å². The number of hydrogen-bond acceptors (Lipinski definition) is 5. The molecule has 34 heavy (non-hydrogen) atoms. The minimum Gasteiger partial charge on any atom is -0.465 e. The average Bonchev–Trinajstić information content (AvgIpc) is 2.81. The number of ether oxygens (including phenoxy) is 1. The lowest BCUT2D eigenvalue weighted by Crippen LogP contribution is -2.10. The summed E-state index contributed by atoms with van der Waals surface area (Å²) < 4.78 is 43.1. The van der Waals surface area contributed by atoms with Crippen LogP contribution in [-0.4, -0.2) is 23.0 Å². The Balaban J connectivity index is 1.88. The van der Waals surface area contributed by atoms with E-state index >= 15 is 0 Å². The Kier molecular flexibility index (Phi) is 7.57. The third-order valence-corrected chi connectivity index (χ3v) is 5.00. The van der Waals surface area contributed by atoms with Crippen LogP contribution in [0.2, 0.25) is 0 Å². The molecule has 0 spiro atoms. The van der Waals surface area contributed by atoms with Crippen molar-refractivity contribution in [3.05, 3.63) is 87.9 Å². The maximum absolute atomic E-state index is 12.8. The number of rotatable bonds is 5. The van der Waals surface area contributed by atoms with Gasteiger partial charge in [0.1, 0.15) is 11.6 Å². The Hall–Kier alpha value is -3.86. The van der Waals surface area contributed by atoms with Crippen molar-refractivity contribution in [1.82, 2.24) is 9.97 Å². The lowest BCUT2D eigenvalue weighted by molar-refractivity contribution is -0.137. The van der Waals surface area contributed by atoms with Crippen molar-refractivity contribution in [2.24, 2.45) is 0 Å². The standard InChI is InChI=1S/C26H24F3N3O2/c1-16(2)23-31-17(3)22(14-9-18-7-12-21(13-8-18)26(27,28)29)24(32-23)30-15-19-5-10-20(11-6-19)25(33)34-4/h5-8,10-13,16H,15H2,1-4H3,(H,30,31,32). The van der Waals surface area contributed by atoms with E-state index in [1.807, 2.05) is 32.9 Å². The summed E-state index contributed by atoms with van der Waals surface area (Å²) >= 11 is 0. The summed E-state index contributed by atoms with van der Waals surface area (Å²) in [6.07, 6.45) is -4.39. The Bertz CT molecular complexity index is 1220. The molecule has 0 bridgehead atoms. The lowest BCUT2D eigenvalue weighted by Gasteiger charge is -2.13. The van der Waals surface area contributed by atoms with Crippen molar-refractivity contribution in [2.75, 3.05) is 12.4 Å². The lowest BCUT2D eigenvalue weighted by atomic mass is 10.1. The molecule has 3 aromatic rings. The van der Waals surface area contributed by atoms with Gasteiger partial charge in [0.05, 0.1) is 29.5 Å². The van der Waals surface area contributed by atoms with E-state index in [-0.39, 0.29) is 5.92 Å². The first-order chi connectivity index (χ1) is 16.1. The van der Waals surface area contributed by atoms with Crippen LogP contribution >= 0.6 is 0 Å². The molecule has 0 aliphatic heterocycles. The van der Waals surface area contributed by atoms with E-state index in [4.69, 9.17) is 4.74 Å². The number of carbonyl (C=O) groups is 1. The highest BCUT2D eigenvalue weighted by Gasteiger charge is 2.29. The van der Waals surface area contributed by atoms with Crippen LogP contribution in [-0.2, 0) is 17.5 Å². The van der Waals surface area contributed by atoms with Crippen LogP contribution in [0.15, 0.2) is 48.5 Å².